The van der Waals surface area contributed by atoms with E-state index in [0.29, 0.717) is 0 Å². The summed E-state index contributed by atoms with van der Waals surface area (Å²) in [5.74, 6) is 0. The number of aromatic amines is 1. The molecule has 0 atom stereocenters. The maximum Gasteiger partial charge on any atom is 0.0459 e. The van der Waals surface area contributed by atoms with Crippen molar-refractivity contribution in [3.63, 3.8) is 0 Å². The van der Waals surface area contributed by atoms with Gasteiger partial charge in [-0.1, -0.05) is 34.1 Å². The standard InChI is InChI=1S/C14H17BrN2/c15-7-3-8-17-9-6-12-11-4-1-2-5-13(11)16-14(12)10-17/h1-2,4-5,16H,3,6-10H2. The molecular weight excluding hydrogens is 276 g/mol. The number of aromatic nitrogens is 1. The van der Waals surface area contributed by atoms with Crippen molar-refractivity contribution in [3.05, 3.63) is 35.5 Å². The molecule has 0 amide bonds. The minimum atomic E-state index is 1.08. The monoisotopic (exact) mass is 292 g/mol. The van der Waals surface area contributed by atoms with Crippen LogP contribution in [0.3, 0.4) is 0 Å². The minimum Gasteiger partial charge on any atom is -0.357 e. The summed E-state index contributed by atoms with van der Waals surface area (Å²) >= 11 is 3.50. The van der Waals surface area contributed by atoms with Gasteiger partial charge < -0.3 is 4.98 Å². The molecule has 2 aromatic rings. The Balaban J connectivity index is 1.87. The van der Waals surface area contributed by atoms with Gasteiger partial charge in [-0.3, -0.25) is 4.90 Å². The van der Waals surface area contributed by atoms with Crippen molar-refractivity contribution in [1.82, 2.24) is 9.88 Å². The molecule has 2 nitrogen and oxygen atoms in total. The van der Waals surface area contributed by atoms with Gasteiger partial charge in [-0.25, -0.2) is 0 Å². The molecule has 3 rings (SSSR count). The summed E-state index contributed by atoms with van der Waals surface area (Å²) in [6.07, 6.45) is 2.41. The second-order valence-electron chi connectivity index (χ2n) is 4.70. The molecule has 90 valence electrons. The molecule has 0 unspecified atom stereocenters. The maximum absolute atomic E-state index is 3.57. The summed E-state index contributed by atoms with van der Waals surface area (Å²) in [5.41, 5.74) is 4.25. The van der Waals surface area contributed by atoms with Gasteiger partial charge in [0.05, 0.1) is 0 Å². The molecule has 0 saturated carbocycles. The van der Waals surface area contributed by atoms with Gasteiger partial charge in [-0.05, 0) is 31.0 Å². The number of benzene rings is 1. The summed E-state index contributed by atoms with van der Waals surface area (Å²) in [6, 6.07) is 8.65. The molecule has 1 aliphatic rings. The Labute approximate surface area is 110 Å². The van der Waals surface area contributed by atoms with E-state index in [1.807, 2.05) is 0 Å². The molecule has 2 heterocycles. The van der Waals surface area contributed by atoms with E-state index in [2.05, 4.69) is 50.1 Å². The van der Waals surface area contributed by atoms with E-state index in [1.165, 1.54) is 48.1 Å². The lowest BCUT2D eigenvalue weighted by molar-refractivity contribution is 0.253. The molecule has 0 spiro atoms. The molecule has 0 saturated heterocycles. The van der Waals surface area contributed by atoms with E-state index in [0.717, 1.165) is 11.9 Å². The highest BCUT2D eigenvalue weighted by Gasteiger charge is 2.19. The van der Waals surface area contributed by atoms with E-state index < -0.39 is 0 Å². The number of para-hydroxylation sites is 1. The lowest BCUT2D eigenvalue weighted by Crippen LogP contribution is -2.31. The van der Waals surface area contributed by atoms with Crippen LogP contribution in [0.4, 0.5) is 0 Å². The second kappa shape index (κ2) is 4.83. The molecule has 1 aliphatic heterocycles. The summed E-state index contributed by atoms with van der Waals surface area (Å²) in [6.45, 7) is 3.47. The summed E-state index contributed by atoms with van der Waals surface area (Å²) in [7, 11) is 0. The fourth-order valence-corrected chi connectivity index (χ4v) is 2.97. The van der Waals surface area contributed by atoms with E-state index in [4.69, 9.17) is 0 Å². The topological polar surface area (TPSA) is 19.0 Å². The van der Waals surface area contributed by atoms with Gasteiger partial charge in [0.2, 0.25) is 0 Å². The van der Waals surface area contributed by atoms with Crippen LogP contribution in [0.5, 0.6) is 0 Å². The molecule has 1 N–H and O–H groups in total. The Bertz CT molecular complexity index is 518. The van der Waals surface area contributed by atoms with Crippen molar-refractivity contribution in [2.75, 3.05) is 18.4 Å². The predicted molar refractivity (Wildman–Crippen MR) is 75.7 cm³/mol. The Kier molecular flexibility index (Phi) is 3.21. The second-order valence-corrected chi connectivity index (χ2v) is 5.49. The van der Waals surface area contributed by atoms with Crippen LogP contribution in [0, 0.1) is 0 Å². The number of hydrogen-bond donors (Lipinski definition) is 1. The highest BCUT2D eigenvalue weighted by molar-refractivity contribution is 9.09. The number of fused-ring (bicyclic) bond motifs is 3. The van der Waals surface area contributed by atoms with Crippen LogP contribution in [0.15, 0.2) is 24.3 Å². The first-order chi connectivity index (χ1) is 8.38. The molecule has 0 bridgehead atoms. The van der Waals surface area contributed by atoms with Crippen LogP contribution in [0.25, 0.3) is 10.9 Å². The molecule has 3 heteroatoms. The lowest BCUT2D eigenvalue weighted by Gasteiger charge is -2.26. The smallest absolute Gasteiger partial charge is 0.0459 e. The first-order valence-corrected chi connectivity index (χ1v) is 7.37. The van der Waals surface area contributed by atoms with Gasteiger partial charge >= 0.3 is 0 Å². The van der Waals surface area contributed by atoms with E-state index >= 15 is 0 Å². The quantitative estimate of drug-likeness (QED) is 0.860. The van der Waals surface area contributed by atoms with Crippen molar-refractivity contribution < 1.29 is 0 Å². The van der Waals surface area contributed by atoms with Crippen molar-refractivity contribution in [1.29, 1.82) is 0 Å². The van der Waals surface area contributed by atoms with Gasteiger partial charge in [0, 0.05) is 35.0 Å². The van der Waals surface area contributed by atoms with Crippen LogP contribution in [0.1, 0.15) is 17.7 Å². The van der Waals surface area contributed by atoms with E-state index in [-0.39, 0.29) is 0 Å². The average molecular weight is 293 g/mol. The number of hydrogen-bond acceptors (Lipinski definition) is 1. The molecule has 0 radical (unpaired) electrons. The fourth-order valence-electron chi connectivity index (χ4n) is 2.72. The normalized spacial score (nSPS) is 16.3. The minimum absolute atomic E-state index is 1.08. The Morgan fingerprint density at radius 2 is 2.18 bits per heavy atom. The number of rotatable bonds is 3. The van der Waals surface area contributed by atoms with Crippen molar-refractivity contribution in [2.24, 2.45) is 0 Å². The molecule has 17 heavy (non-hydrogen) atoms. The third-order valence-corrected chi connectivity index (χ3v) is 4.13. The number of halogens is 1. The van der Waals surface area contributed by atoms with Crippen LogP contribution < -0.4 is 0 Å². The molecule has 1 aromatic heterocycles. The van der Waals surface area contributed by atoms with Gasteiger partial charge in [-0.2, -0.15) is 0 Å². The van der Waals surface area contributed by atoms with Gasteiger partial charge in [0.25, 0.3) is 0 Å². The van der Waals surface area contributed by atoms with Crippen LogP contribution >= 0.6 is 15.9 Å². The lowest BCUT2D eigenvalue weighted by atomic mass is 10.0. The van der Waals surface area contributed by atoms with Crippen molar-refractivity contribution in [3.8, 4) is 0 Å². The molecule has 0 fully saturated rings. The maximum atomic E-state index is 3.57. The zero-order valence-corrected chi connectivity index (χ0v) is 11.5. The van der Waals surface area contributed by atoms with Crippen LogP contribution in [-0.2, 0) is 13.0 Å². The highest BCUT2D eigenvalue weighted by Crippen LogP contribution is 2.27. The predicted octanol–water partition coefficient (Wildman–Crippen LogP) is 3.31. The molecule has 0 aliphatic carbocycles. The van der Waals surface area contributed by atoms with Gasteiger partial charge in [0.1, 0.15) is 0 Å². The van der Waals surface area contributed by atoms with Gasteiger partial charge in [0.15, 0.2) is 0 Å². The summed E-state index contributed by atoms with van der Waals surface area (Å²) in [4.78, 5) is 6.11. The fraction of sp³-hybridized carbons (Fsp3) is 0.429. The van der Waals surface area contributed by atoms with Gasteiger partial charge in [-0.15, -0.1) is 0 Å². The summed E-state index contributed by atoms with van der Waals surface area (Å²) in [5, 5.41) is 2.52. The summed E-state index contributed by atoms with van der Waals surface area (Å²) < 4.78 is 0. The number of nitrogens with one attached hydrogen (secondary N) is 1. The average Bonchev–Trinajstić information content (AvgIpc) is 2.74. The largest absolute Gasteiger partial charge is 0.357 e. The first-order valence-electron chi connectivity index (χ1n) is 6.25. The molecular formula is C14H17BrN2. The zero-order valence-electron chi connectivity index (χ0n) is 9.88. The zero-order chi connectivity index (χ0) is 11.7. The van der Waals surface area contributed by atoms with Crippen molar-refractivity contribution in [2.45, 2.75) is 19.4 Å². The van der Waals surface area contributed by atoms with Crippen molar-refractivity contribution >= 4 is 26.8 Å². The van der Waals surface area contributed by atoms with Crippen LogP contribution in [-0.4, -0.2) is 28.3 Å². The Morgan fingerprint density at radius 1 is 1.29 bits per heavy atom. The third-order valence-electron chi connectivity index (χ3n) is 3.57. The Morgan fingerprint density at radius 3 is 3.06 bits per heavy atom. The third kappa shape index (κ3) is 2.14. The van der Waals surface area contributed by atoms with E-state index in [1.54, 1.807) is 0 Å². The Hall–Kier alpha value is -0.800. The molecule has 1 aromatic carbocycles. The number of H-pyrrole nitrogens is 1. The number of alkyl halides is 1. The highest BCUT2D eigenvalue weighted by atomic mass is 79.9. The first kappa shape index (κ1) is 11.3. The number of nitrogens with zero attached hydrogens (tertiary/aromatic N) is 1. The van der Waals surface area contributed by atoms with Crippen LogP contribution in [0.2, 0.25) is 0 Å². The van der Waals surface area contributed by atoms with E-state index in [9.17, 15) is 0 Å². The SMILES string of the molecule is BrCCCN1CCc2c([nH]c3ccccc23)C1.